The van der Waals surface area contributed by atoms with E-state index in [4.69, 9.17) is 0 Å². The number of benzene rings is 2. The van der Waals surface area contributed by atoms with E-state index in [9.17, 15) is 9.59 Å². The predicted molar refractivity (Wildman–Crippen MR) is 104 cm³/mol. The highest BCUT2D eigenvalue weighted by atomic mass is 16.2. The van der Waals surface area contributed by atoms with Gasteiger partial charge in [0.05, 0.1) is 0 Å². The Hall–Kier alpha value is -2.62. The molecule has 0 aliphatic carbocycles. The molecule has 0 radical (unpaired) electrons. The Balaban J connectivity index is 1.66. The highest BCUT2D eigenvalue weighted by molar-refractivity contribution is 5.93. The van der Waals surface area contributed by atoms with Gasteiger partial charge >= 0.3 is 0 Å². The van der Waals surface area contributed by atoms with Gasteiger partial charge in [0.15, 0.2) is 0 Å². The van der Waals surface area contributed by atoms with Crippen molar-refractivity contribution in [2.24, 2.45) is 0 Å². The molecule has 2 aromatic rings. The first-order valence-corrected chi connectivity index (χ1v) is 9.30. The maximum atomic E-state index is 12.7. The van der Waals surface area contributed by atoms with Gasteiger partial charge in [-0.25, -0.2) is 0 Å². The van der Waals surface area contributed by atoms with E-state index in [1.165, 1.54) is 11.1 Å². The van der Waals surface area contributed by atoms with Gasteiger partial charge in [-0.3, -0.25) is 9.59 Å². The largest absolute Gasteiger partial charge is 0.338 e. The Morgan fingerprint density at radius 3 is 2.46 bits per heavy atom. The molecular formula is C22H26N2O2. The number of hydrogen-bond donors (Lipinski definition) is 0. The summed E-state index contributed by atoms with van der Waals surface area (Å²) in [5.74, 6) is 0.0856. The fourth-order valence-corrected chi connectivity index (χ4v) is 3.59. The quantitative estimate of drug-likeness (QED) is 0.827. The third-order valence-electron chi connectivity index (χ3n) is 5.08. The van der Waals surface area contributed by atoms with Crippen LogP contribution in [0.25, 0.3) is 0 Å². The lowest BCUT2D eigenvalue weighted by molar-refractivity contribution is -0.131. The molecule has 0 saturated carbocycles. The fraction of sp³-hybridized carbons (Fsp3) is 0.364. The number of aryl methyl sites for hydroxylation is 1. The Morgan fingerprint density at radius 1 is 1.04 bits per heavy atom. The van der Waals surface area contributed by atoms with Crippen LogP contribution in [0.5, 0.6) is 0 Å². The lowest BCUT2D eigenvalue weighted by Crippen LogP contribution is -2.39. The van der Waals surface area contributed by atoms with E-state index in [2.05, 4.69) is 19.1 Å². The molecule has 26 heavy (non-hydrogen) atoms. The number of anilines is 1. The van der Waals surface area contributed by atoms with Gasteiger partial charge in [0.1, 0.15) is 0 Å². The fourth-order valence-electron chi connectivity index (χ4n) is 3.59. The summed E-state index contributed by atoms with van der Waals surface area (Å²) in [6, 6.07) is 16.2. The number of para-hydroxylation sites is 1. The smallest absolute Gasteiger partial charge is 0.224 e. The average Bonchev–Trinajstić information content (AvgIpc) is 2.67. The Morgan fingerprint density at radius 2 is 1.73 bits per heavy atom. The molecule has 0 unspecified atom stereocenters. The zero-order valence-corrected chi connectivity index (χ0v) is 15.6. The van der Waals surface area contributed by atoms with Gasteiger partial charge in [-0.2, -0.15) is 0 Å². The topological polar surface area (TPSA) is 40.6 Å². The third kappa shape index (κ3) is 3.96. The number of amides is 2. The second-order valence-corrected chi connectivity index (χ2v) is 6.74. The van der Waals surface area contributed by atoms with Crippen LogP contribution in [0.3, 0.4) is 0 Å². The molecule has 1 aliphatic rings. The van der Waals surface area contributed by atoms with Crippen molar-refractivity contribution < 1.29 is 9.59 Å². The van der Waals surface area contributed by atoms with Crippen LogP contribution in [0.2, 0.25) is 0 Å². The van der Waals surface area contributed by atoms with Crippen molar-refractivity contribution in [1.82, 2.24) is 4.90 Å². The van der Waals surface area contributed by atoms with E-state index >= 15 is 0 Å². The molecule has 3 rings (SSSR count). The van der Waals surface area contributed by atoms with Crippen LogP contribution in [0.4, 0.5) is 5.69 Å². The van der Waals surface area contributed by atoms with Gasteiger partial charge in [-0.05, 0) is 35.6 Å². The van der Waals surface area contributed by atoms with E-state index in [1.807, 2.05) is 41.3 Å². The number of carbonyl (C=O) groups excluding carboxylic acids is 2. The summed E-state index contributed by atoms with van der Waals surface area (Å²) in [6.07, 6.45) is 2.10. The molecular weight excluding hydrogens is 324 g/mol. The lowest BCUT2D eigenvalue weighted by Gasteiger charge is -2.30. The summed E-state index contributed by atoms with van der Waals surface area (Å²) in [5, 5.41) is 0. The maximum absolute atomic E-state index is 12.7. The molecule has 2 amide bonds. The summed E-state index contributed by atoms with van der Waals surface area (Å²) in [7, 11) is 0. The van der Waals surface area contributed by atoms with Gasteiger partial charge in [0, 0.05) is 38.7 Å². The summed E-state index contributed by atoms with van der Waals surface area (Å²) >= 11 is 0. The Bertz CT molecular complexity index is 800. The minimum Gasteiger partial charge on any atom is -0.338 e. The van der Waals surface area contributed by atoms with E-state index in [1.54, 1.807) is 11.8 Å². The van der Waals surface area contributed by atoms with Crippen molar-refractivity contribution in [2.75, 3.05) is 18.0 Å². The Kier molecular flexibility index (Phi) is 5.71. The van der Waals surface area contributed by atoms with Crippen molar-refractivity contribution >= 4 is 17.5 Å². The zero-order chi connectivity index (χ0) is 18.5. The summed E-state index contributed by atoms with van der Waals surface area (Å²) < 4.78 is 0. The van der Waals surface area contributed by atoms with Crippen LogP contribution in [0.1, 0.15) is 37.0 Å². The van der Waals surface area contributed by atoms with Gasteiger partial charge in [0.25, 0.3) is 0 Å². The number of hydrogen-bond acceptors (Lipinski definition) is 2. The van der Waals surface area contributed by atoms with Crippen LogP contribution >= 0.6 is 0 Å². The van der Waals surface area contributed by atoms with Crippen LogP contribution < -0.4 is 4.90 Å². The molecule has 0 saturated heterocycles. The summed E-state index contributed by atoms with van der Waals surface area (Å²) in [6.45, 7) is 5.48. The molecule has 1 aliphatic heterocycles. The summed E-state index contributed by atoms with van der Waals surface area (Å²) in [4.78, 5) is 28.5. The van der Waals surface area contributed by atoms with Gasteiger partial charge in [-0.15, -0.1) is 0 Å². The van der Waals surface area contributed by atoms with Crippen LogP contribution in [0.15, 0.2) is 48.5 Å². The van der Waals surface area contributed by atoms with Gasteiger partial charge in [0.2, 0.25) is 11.8 Å². The number of nitrogens with zero attached hydrogens (tertiary/aromatic N) is 2. The second-order valence-electron chi connectivity index (χ2n) is 6.74. The molecule has 0 atom stereocenters. The normalized spacial score (nSPS) is 13.2. The minimum absolute atomic E-state index is 0.0253. The highest BCUT2D eigenvalue weighted by Gasteiger charge is 2.22. The SMILES string of the molecule is CCc1ccccc1N(CCC(=O)N1CCc2ccccc2C1)C(C)=O. The number of rotatable bonds is 5. The molecule has 0 N–H and O–H groups in total. The highest BCUT2D eigenvalue weighted by Crippen LogP contribution is 2.23. The second kappa shape index (κ2) is 8.17. The molecule has 1 heterocycles. The molecule has 0 spiro atoms. The maximum Gasteiger partial charge on any atom is 0.224 e. The van der Waals surface area contributed by atoms with Crippen LogP contribution in [-0.4, -0.2) is 29.8 Å². The third-order valence-corrected chi connectivity index (χ3v) is 5.08. The van der Waals surface area contributed by atoms with Crippen molar-refractivity contribution in [3.05, 3.63) is 65.2 Å². The van der Waals surface area contributed by atoms with E-state index in [-0.39, 0.29) is 11.8 Å². The first-order valence-electron chi connectivity index (χ1n) is 9.30. The monoisotopic (exact) mass is 350 g/mol. The van der Waals surface area contributed by atoms with Gasteiger partial charge in [-0.1, -0.05) is 49.4 Å². The van der Waals surface area contributed by atoms with Crippen molar-refractivity contribution in [3.63, 3.8) is 0 Å². The van der Waals surface area contributed by atoms with Crippen LogP contribution in [0, 0.1) is 0 Å². The predicted octanol–water partition coefficient (Wildman–Crippen LogP) is 3.58. The molecule has 4 heteroatoms. The number of carbonyl (C=O) groups is 2. The minimum atomic E-state index is -0.0253. The average molecular weight is 350 g/mol. The van der Waals surface area contributed by atoms with Gasteiger partial charge < -0.3 is 9.80 Å². The standard InChI is InChI=1S/C22H26N2O2/c1-3-18-8-6-7-11-21(18)24(17(2)25)15-13-22(26)23-14-12-19-9-4-5-10-20(19)16-23/h4-11H,3,12-16H2,1-2H3. The molecule has 136 valence electrons. The lowest BCUT2D eigenvalue weighted by atomic mass is 10.00. The van der Waals surface area contributed by atoms with Crippen molar-refractivity contribution in [1.29, 1.82) is 0 Å². The zero-order valence-electron chi connectivity index (χ0n) is 15.6. The van der Waals surface area contributed by atoms with E-state index in [0.29, 0.717) is 19.5 Å². The molecule has 2 aromatic carbocycles. The first-order chi connectivity index (χ1) is 12.6. The van der Waals surface area contributed by atoms with E-state index < -0.39 is 0 Å². The summed E-state index contributed by atoms with van der Waals surface area (Å²) in [5.41, 5.74) is 4.60. The van der Waals surface area contributed by atoms with Crippen molar-refractivity contribution in [3.8, 4) is 0 Å². The number of fused-ring (bicyclic) bond motifs is 1. The van der Waals surface area contributed by atoms with Crippen LogP contribution in [-0.2, 0) is 29.0 Å². The van der Waals surface area contributed by atoms with E-state index in [0.717, 1.165) is 30.6 Å². The van der Waals surface area contributed by atoms with Crippen molar-refractivity contribution in [2.45, 2.75) is 39.7 Å². The molecule has 0 aromatic heterocycles. The Labute approximate surface area is 155 Å². The molecule has 4 nitrogen and oxygen atoms in total. The molecule has 0 bridgehead atoms. The molecule has 0 fully saturated rings. The first kappa shape index (κ1) is 18.2.